The molecule has 0 aliphatic rings. The molecular weight excluding hydrogens is 162 g/mol. The Bertz CT molecular complexity index is 107. The lowest BCUT2D eigenvalue weighted by Gasteiger charge is -2.33. The Morgan fingerprint density at radius 1 is 1.00 bits per heavy atom. The van der Waals surface area contributed by atoms with Gasteiger partial charge in [-0.2, -0.15) is 0 Å². The summed E-state index contributed by atoms with van der Waals surface area (Å²) in [6, 6.07) is 0. The van der Waals surface area contributed by atoms with E-state index in [0.717, 1.165) is 19.4 Å². The molecule has 0 aromatic carbocycles. The maximum Gasteiger partial charge on any atom is 0.0582 e. The lowest BCUT2D eigenvalue weighted by molar-refractivity contribution is 0.129. The lowest BCUT2D eigenvalue weighted by atomic mass is 10.2. The molecule has 3 heteroatoms. The molecule has 0 fully saturated rings. The molecule has 0 aromatic heterocycles. The molecule has 0 aliphatic heterocycles. The van der Waals surface area contributed by atoms with E-state index in [1.54, 1.807) is 0 Å². The quantitative estimate of drug-likeness (QED) is 0.594. The first-order valence-corrected chi connectivity index (χ1v) is 5.44. The molecule has 2 unspecified atom stereocenters. The molecule has 0 amide bonds. The van der Waals surface area contributed by atoms with Crippen LogP contribution in [0.5, 0.6) is 0 Å². The van der Waals surface area contributed by atoms with Gasteiger partial charge in [0.25, 0.3) is 0 Å². The molecule has 2 atom stereocenters. The van der Waals surface area contributed by atoms with Crippen LogP contribution in [0.3, 0.4) is 0 Å². The van der Waals surface area contributed by atoms with Gasteiger partial charge in [-0.1, -0.05) is 27.2 Å². The number of nitrogens with two attached hydrogens (primary N) is 2. The van der Waals surface area contributed by atoms with Crippen molar-refractivity contribution >= 4 is 0 Å². The Balaban J connectivity index is 4.01. The molecule has 0 radical (unpaired) electrons. The minimum Gasteiger partial charge on any atom is -0.316 e. The second kappa shape index (κ2) is 7.30. The van der Waals surface area contributed by atoms with Gasteiger partial charge in [0.2, 0.25) is 0 Å². The zero-order chi connectivity index (χ0) is 10.3. The van der Waals surface area contributed by atoms with E-state index < -0.39 is 0 Å². The van der Waals surface area contributed by atoms with Crippen LogP contribution in [-0.2, 0) is 0 Å². The summed E-state index contributed by atoms with van der Waals surface area (Å²) >= 11 is 0. The minimum absolute atomic E-state index is 0.126. The summed E-state index contributed by atoms with van der Waals surface area (Å²) in [4.78, 5) is 2.21. The van der Waals surface area contributed by atoms with Crippen LogP contribution in [0.15, 0.2) is 0 Å². The molecule has 0 saturated heterocycles. The fraction of sp³-hybridized carbons (Fsp3) is 1.00. The molecule has 0 rings (SSSR count). The summed E-state index contributed by atoms with van der Waals surface area (Å²) in [7, 11) is 0. The zero-order valence-electron chi connectivity index (χ0n) is 9.29. The molecule has 0 heterocycles. The summed E-state index contributed by atoms with van der Waals surface area (Å²) in [6.45, 7) is 7.42. The second-order valence-electron chi connectivity index (χ2n) is 3.54. The molecule has 0 aliphatic carbocycles. The van der Waals surface area contributed by atoms with Crippen molar-refractivity contribution in [3.8, 4) is 0 Å². The van der Waals surface area contributed by atoms with Gasteiger partial charge in [-0.05, 0) is 19.3 Å². The molecule has 0 aromatic rings. The molecule has 13 heavy (non-hydrogen) atoms. The van der Waals surface area contributed by atoms with Crippen LogP contribution in [0, 0.1) is 0 Å². The van der Waals surface area contributed by atoms with E-state index >= 15 is 0 Å². The first kappa shape index (κ1) is 12.9. The Morgan fingerprint density at radius 3 is 1.77 bits per heavy atom. The number of unbranched alkanes of at least 4 members (excludes halogenated alkanes) is 1. The van der Waals surface area contributed by atoms with E-state index in [0.29, 0.717) is 0 Å². The van der Waals surface area contributed by atoms with E-state index in [1.165, 1.54) is 12.8 Å². The fourth-order valence-corrected chi connectivity index (χ4v) is 1.39. The largest absolute Gasteiger partial charge is 0.316 e. The van der Waals surface area contributed by atoms with Gasteiger partial charge in [0.15, 0.2) is 0 Å². The summed E-state index contributed by atoms with van der Waals surface area (Å²) in [5.74, 6) is 0. The molecule has 0 bridgehead atoms. The molecule has 4 N–H and O–H groups in total. The lowest BCUT2D eigenvalue weighted by Crippen LogP contribution is -2.51. The van der Waals surface area contributed by atoms with Crippen LogP contribution < -0.4 is 11.5 Å². The maximum absolute atomic E-state index is 5.98. The SMILES string of the molecule is CCCCN(C(N)CC)C(N)CC. The highest BCUT2D eigenvalue weighted by molar-refractivity contribution is 4.69. The van der Waals surface area contributed by atoms with Crippen molar-refractivity contribution in [3.63, 3.8) is 0 Å². The van der Waals surface area contributed by atoms with E-state index in [9.17, 15) is 0 Å². The predicted octanol–water partition coefficient (Wildman–Crippen LogP) is 1.48. The third-order valence-electron chi connectivity index (χ3n) is 2.46. The van der Waals surface area contributed by atoms with Crippen LogP contribution in [0.2, 0.25) is 0 Å². The Kier molecular flexibility index (Phi) is 7.23. The smallest absolute Gasteiger partial charge is 0.0582 e. The summed E-state index contributed by atoms with van der Waals surface area (Å²) in [6.07, 6.45) is 4.57. The minimum atomic E-state index is 0.126. The highest BCUT2D eigenvalue weighted by Crippen LogP contribution is 2.06. The van der Waals surface area contributed by atoms with Gasteiger partial charge in [-0.3, -0.25) is 4.90 Å². The van der Waals surface area contributed by atoms with E-state index in [1.807, 2.05) is 0 Å². The zero-order valence-corrected chi connectivity index (χ0v) is 9.29. The van der Waals surface area contributed by atoms with Gasteiger partial charge in [0, 0.05) is 6.54 Å². The van der Waals surface area contributed by atoms with E-state index in [4.69, 9.17) is 11.5 Å². The van der Waals surface area contributed by atoms with Gasteiger partial charge < -0.3 is 11.5 Å². The third kappa shape index (κ3) is 4.60. The maximum atomic E-state index is 5.98. The first-order chi connectivity index (χ1) is 6.17. The van der Waals surface area contributed by atoms with E-state index in [-0.39, 0.29) is 12.3 Å². The summed E-state index contributed by atoms with van der Waals surface area (Å²) < 4.78 is 0. The normalized spacial score (nSPS) is 16.2. The third-order valence-corrected chi connectivity index (χ3v) is 2.46. The van der Waals surface area contributed by atoms with Crippen LogP contribution in [-0.4, -0.2) is 23.8 Å². The monoisotopic (exact) mass is 187 g/mol. The number of hydrogen-bond donors (Lipinski definition) is 2. The molecular formula is C10H25N3. The highest BCUT2D eigenvalue weighted by Gasteiger charge is 2.17. The van der Waals surface area contributed by atoms with Crippen molar-refractivity contribution in [3.05, 3.63) is 0 Å². The van der Waals surface area contributed by atoms with Crippen LogP contribution in [0.4, 0.5) is 0 Å². The average molecular weight is 187 g/mol. The van der Waals surface area contributed by atoms with Gasteiger partial charge in [0.05, 0.1) is 12.3 Å². The van der Waals surface area contributed by atoms with Crippen LogP contribution >= 0.6 is 0 Å². The van der Waals surface area contributed by atoms with Crippen molar-refractivity contribution < 1.29 is 0 Å². The molecule has 0 spiro atoms. The van der Waals surface area contributed by atoms with Crippen LogP contribution in [0.1, 0.15) is 46.5 Å². The predicted molar refractivity (Wildman–Crippen MR) is 58.1 cm³/mol. The standard InChI is InChI=1S/C10H25N3/c1-4-7-8-13(9(11)5-2)10(12)6-3/h9-10H,4-8,11-12H2,1-3H3. The van der Waals surface area contributed by atoms with Gasteiger partial charge in [-0.25, -0.2) is 0 Å². The van der Waals surface area contributed by atoms with Crippen molar-refractivity contribution in [1.82, 2.24) is 4.90 Å². The molecule has 80 valence electrons. The van der Waals surface area contributed by atoms with Crippen molar-refractivity contribution in [1.29, 1.82) is 0 Å². The number of hydrogen-bond acceptors (Lipinski definition) is 3. The van der Waals surface area contributed by atoms with E-state index in [2.05, 4.69) is 25.7 Å². The Morgan fingerprint density at radius 2 is 1.46 bits per heavy atom. The number of rotatable bonds is 7. The van der Waals surface area contributed by atoms with Crippen LogP contribution in [0.25, 0.3) is 0 Å². The number of nitrogens with zero attached hydrogens (tertiary/aromatic N) is 1. The Labute approximate surface area is 82.5 Å². The Hall–Kier alpha value is -0.120. The second-order valence-corrected chi connectivity index (χ2v) is 3.54. The van der Waals surface area contributed by atoms with Gasteiger partial charge >= 0.3 is 0 Å². The first-order valence-electron chi connectivity index (χ1n) is 5.44. The topological polar surface area (TPSA) is 55.3 Å². The average Bonchev–Trinajstić information content (AvgIpc) is 2.17. The highest BCUT2D eigenvalue weighted by atomic mass is 15.3. The molecule has 3 nitrogen and oxygen atoms in total. The van der Waals surface area contributed by atoms with Gasteiger partial charge in [-0.15, -0.1) is 0 Å². The van der Waals surface area contributed by atoms with Gasteiger partial charge in [0.1, 0.15) is 0 Å². The summed E-state index contributed by atoms with van der Waals surface area (Å²) in [5.41, 5.74) is 12.0. The van der Waals surface area contributed by atoms with Crippen molar-refractivity contribution in [2.45, 2.75) is 58.8 Å². The summed E-state index contributed by atoms with van der Waals surface area (Å²) in [5, 5.41) is 0. The fourth-order valence-electron chi connectivity index (χ4n) is 1.39. The van der Waals surface area contributed by atoms with Crippen molar-refractivity contribution in [2.24, 2.45) is 11.5 Å². The van der Waals surface area contributed by atoms with Crippen molar-refractivity contribution in [2.75, 3.05) is 6.54 Å². The molecule has 0 saturated carbocycles.